The minimum absolute atomic E-state index is 0.208. The molecule has 7 heteroatoms. The van der Waals surface area contributed by atoms with Crippen molar-refractivity contribution >= 4 is 50.1 Å². The Morgan fingerprint density at radius 2 is 1.88 bits per heavy atom. The van der Waals surface area contributed by atoms with Crippen LogP contribution in [0.3, 0.4) is 0 Å². The van der Waals surface area contributed by atoms with Gasteiger partial charge >= 0.3 is 5.97 Å². The zero-order valence-corrected chi connectivity index (χ0v) is 16.9. The van der Waals surface area contributed by atoms with Crippen molar-refractivity contribution in [3.8, 4) is 0 Å². The number of nitrogens with zero attached hydrogens (tertiary/aromatic N) is 3. The van der Waals surface area contributed by atoms with Gasteiger partial charge in [-0.15, -0.1) is 5.06 Å². The van der Waals surface area contributed by atoms with Crippen LogP contribution in [0.5, 0.6) is 0 Å². The first-order valence-corrected chi connectivity index (χ1v) is 9.39. The predicted molar refractivity (Wildman–Crippen MR) is 104 cm³/mol. The number of piperazine rings is 1. The van der Waals surface area contributed by atoms with E-state index in [4.69, 9.17) is 16.4 Å². The predicted octanol–water partition coefficient (Wildman–Crippen LogP) is 4.28. The number of hydrogen-bond acceptors (Lipinski definition) is 5. The normalized spacial score (nSPS) is 16.3. The summed E-state index contributed by atoms with van der Waals surface area (Å²) in [6, 6.07) is 6.01. The van der Waals surface area contributed by atoms with Crippen molar-refractivity contribution in [3.63, 3.8) is 0 Å². The van der Waals surface area contributed by atoms with Crippen LogP contribution in [0.2, 0.25) is 5.02 Å². The highest BCUT2D eigenvalue weighted by molar-refractivity contribution is 9.10. The van der Waals surface area contributed by atoms with Crippen molar-refractivity contribution in [2.75, 3.05) is 31.1 Å². The van der Waals surface area contributed by atoms with Gasteiger partial charge in [0.05, 0.1) is 23.5 Å². The van der Waals surface area contributed by atoms with Gasteiger partial charge in [-0.1, -0.05) is 33.6 Å². The molecule has 25 heavy (non-hydrogen) atoms. The van der Waals surface area contributed by atoms with E-state index < -0.39 is 5.41 Å². The van der Waals surface area contributed by atoms with Crippen LogP contribution in [0.1, 0.15) is 20.8 Å². The third-order valence-electron chi connectivity index (χ3n) is 4.14. The molecule has 1 aromatic heterocycles. The van der Waals surface area contributed by atoms with E-state index in [1.165, 1.54) is 0 Å². The molecule has 1 fully saturated rings. The number of carbonyl (C=O) groups excluding carboxylic acids is 1. The molecule has 0 aliphatic carbocycles. The molecule has 5 nitrogen and oxygen atoms in total. The average Bonchev–Trinajstić information content (AvgIpc) is 2.55. The number of aromatic nitrogens is 1. The second-order valence-electron chi connectivity index (χ2n) is 7.16. The molecule has 0 atom stereocenters. The van der Waals surface area contributed by atoms with Crippen LogP contribution in [-0.4, -0.2) is 42.2 Å². The lowest BCUT2D eigenvalue weighted by Gasteiger charge is -2.35. The minimum Gasteiger partial charge on any atom is -0.367 e. The summed E-state index contributed by atoms with van der Waals surface area (Å²) in [6.45, 7) is 8.30. The summed E-state index contributed by atoms with van der Waals surface area (Å²) in [5, 5.41) is 4.38. The van der Waals surface area contributed by atoms with Crippen molar-refractivity contribution in [3.05, 3.63) is 33.9 Å². The molecule has 2 aromatic rings. The smallest absolute Gasteiger partial charge is 0.330 e. The van der Waals surface area contributed by atoms with Gasteiger partial charge in [0.25, 0.3) is 0 Å². The monoisotopic (exact) mass is 425 g/mol. The standard InChI is InChI=1S/C18H21BrClN3O2/c1-18(2,3)17(24)25-23-8-6-22(7-9-23)16-14-10-12(19)4-5-13(14)15(20)11-21-16/h4-5,10-11H,6-9H2,1-3H3. The van der Waals surface area contributed by atoms with E-state index in [1.807, 2.05) is 39.0 Å². The molecule has 1 aliphatic heterocycles. The van der Waals surface area contributed by atoms with E-state index in [1.54, 1.807) is 11.3 Å². The fourth-order valence-corrected chi connectivity index (χ4v) is 3.24. The summed E-state index contributed by atoms with van der Waals surface area (Å²) in [6.07, 6.45) is 1.69. The third kappa shape index (κ3) is 4.07. The molecule has 0 amide bonds. The molecule has 0 saturated carbocycles. The number of rotatable bonds is 2. The molecular weight excluding hydrogens is 406 g/mol. The van der Waals surface area contributed by atoms with E-state index >= 15 is 0 Å². The Kier molecular flexibility index (Phi) is 5.23. The van der Waals surface area contributed by atoms with Gasteiger partial charge in [0.15, 0.2) is 0 Å². The Morgan fingerprint density at radius 3 is 2.52 bits per heavy atom. The van der Waals surface area contributed by atoms with Crippen LogP contribution in [0.25, 0.3) is 10.8 Å². The third-order valence-corrected chi connectivity index (χ3v) is 4.94. The van der Waals surface area contributed by atoms with Gasteiger partial charge < -0.3 is 9.74 Å². The van der Waals surface area contributed by atoms with Crippen LogP contribution in [0, 0.1) is 5.41 Å². The van der Waals surface area contributed by atoms with Crippen LogP contribution in [0.15, 0.2) is 28.9 Å². The summed E-state index contributed by atoms with van der Waals surface area (Å²) < 4.78 is 0.989. The van der Waals surface area contributed by atoms with E-state index in [-0.39, 0.29) is 5.97 Å². The number of fused-ring (bicyclic) bond motifs is 1. The summed E-state index contributed by atoms with van der Waals surface area (Å²) in [7, 11) is 0. The van der Waals surface area contributed by atoms with Crippen molar-refractivity contribution in [1.29, 1.82) is 0 Å². The van der Waals surface area contributed by atoms with Gasteiger partial charge in [0.1, 0.15) is 5.82 Å². The van der Waals surface area contributed by atoms with E-state index in [0.29, 0.717) is 18.1 Å². The van der Waals surface area contributed by atoms with Crippen LogP contribution in [0.4, 0.5) is 5.82 Å². The summed E-state index contributed by atoms with van der Waals surface area (Å²) in [5.41, 5.74) is -0.503. The van der Waals surface area contributed by atoms with E-state index in [2.05, 4.69) is 25.8 Å². The molecular formula is C18H21BrClN3O2. The zero-order valence-electron chi connectivity index (χ0n) is 14.6. The number of halogens is 2. The molecule has 1 saturated heterocycles. The van der Waals surface area contributed by atoms with Gasteiger partial charge in [0, 0.05) is 34.5 Å². The fraction of sp³-hybridized carbons (Fsp3) is 0.444. The molecule has 3 rings (SSSR count). The summed E-state index contributed by atoms with van der Waals surface area (Å²) in [4.78, 5) is 24.3. The van der Waals surface area contributed by atoms with Gasteiger partial charge in [-0.05, 0) is 32.9 Å². The molecule has 134 valence electrons. The van der Waals surface area contributed by atoms with Crippen LogP contribution >= 0.6 is 27.5 Å². The number of benzene rings is 1. The molecule has 0 bridgehead atoms. The van der Waals surface area contributed by atoms with Gasteiger partial charge in [-0.3, -0.25) is 0 Å². The molecule has 1 aromatic carbocycles. The van der Waals surface area contributed by atoms with Crippen molar-refractivity contribution < 1.29 is 9.63 Å². The van der Waals surface area contributed by atoms with Crippen molar-refractivity contribution in [2.45, 2.75) is 20.8 Å². The first-order chi connectivity index (χ1) is 11.8. The first kappa shape index (κ1) is 18.4. The second kappa shape index (κ2) is 7.09. The van der Waals surface area contributed by atoms with Gasteiger partial charge in [-0.25, -0.2) is 9.78 Å². The highest BCUT2D eigenvalue weighted by Gasteiger charge is 2.28. The van der Waals surface area contributed by atoms with E-state index in [9.17, 15) is 4.79 Å². The highest BCUT2D eigenvalue weighted by Crippen LogP contribution is 2.32. The zero-order chi connectivity index (χ0) is 18.2. The Hall–Kier alpha value is -1.37. The Morgan fingerprint density at radius 1 is 1.20 bits per heavy atom. The van der Waals surface area contributed by atoms with Crippen LogP contribution < -0.4 is 4.90 Å². The SMILES string of the molecule is CC(C)(C)C(=O)ON1CCN(c2ncc(Cl)c3ccc(Br)cc23)CC1. The largest absolute Gasteiger partial charge is 0.367 e. The maximum atomic E-state index is 12.0. The fourth-order valence-electron chi connectivity index (χ4n) is 2.66. The Labute approximate surface area is 161 Å². The van der Waals surface area contributed by atoms with Gasteiger partial charge in [0.2, 0.25) is 0 Å². The molecule has 0 N–H and O–H groups in total. The minimum atomic E-state index is -0.503. The van der Waals surface area contributed by atoms with Crippen LogP contribution in [-0.2, 0) is 9.63 Å². The van der Waals surface area contributed by atoms with E-state index in [0.717, 1.165) is 34.2 Å². The molecule has 0 spiro atoms. The van der Waals surface area contributed by atoms with Gasteiger partial charge in [-0.2, -0.15) is 0 Å². The first-order valence-electron chi connectivity index (χ1n) is 8.22. The highest BCUT2D eigenvalue weighted by atomic mass is 79.9. The second-order valence-corrected chi connectivity index (χ2v) is 8.49. The molecule has 0 radical (unpaired) electrons. The number of carbonyl (C=O) groups is 1. The maximum Gasteiger partial charge on any atom is 0.330 e. The number of hydrogen-bond donors (Lipinski definition) is 0. The Balaban J connectivity index is 1.76. The number of anilines is 1. The lowest BCUT2D eigenvalue weighted by molar-refractivity contribution is -0.201. The Bertz CT molecular complexity index is 799. The molecule has 0 unspecified atom stereocenters. The number of pyridine rings is 1. The lowest BCUT2D eigenvalue weighted by atomic mass is 9.98. The summed E-state index contributed by atoms with van der Waals surface area (Å²) in [5.74, 6) is 0.697. The van der Waals surface area contributed by atoms with Crippen molar-refractivity contribution in [2.24, 2.45) is 5.41 Å². The average molecular weight is 427 g/mol. The topological polar surface area (TPSA) is 45.7 Å². The summed E-state index contributed by atoms with van der Waals surface area (Å²) >= 11 is 9.80. The molecule has 1 aliphatic rings. The number of hydroxylamine groups is 2. The molecule has 2 heterocycles. The van der Waals surface area contributed by atoms with Crippen molar-refractivity contribution in [1.82, 2.24) is 10.0 Å². The quantitative estimate of drug-likeness (QED) is 0.717. The maximum absolute atomic E-state index is 12.0. The lowest BCUT2D eigenvalue weighted by Crippen LogP contribution is -2.48.